The Morgan fingerprint density at radius 1 is 1.57 bits per heavy atom. The summed E-state index contributed by atoms with van der Waals surface area (Å²) in [5, 5.41) is 0. The van der Waals surface area contributed by atoms with Crippen LogP contribution in [0.25, 0.3) is 0 Å². The van der Waals surface area contributed by atoms with Gasteiger partial charge in [0, 0.05) is 4.47 Å². The third-order valence-electron chi connectivity index (χ3n) is 1.64. The molecule has 3 nitrogen and oxygen atoms in total. The van der Waals surface area contributed by atoms with Gasteiger partial charge < -0.3 is 4.74 Å². The number of halogens is 2. The molecular formula is C9H6BrFO3. The second kappa shape index (κ2) is 4.32. The van der Waals surface area contributed by atoms with Crippen LogP contribution in [0.2, 0.25) is 0 Å². The molecule has 0 bridgehead atoms. The zero-order valence-electron chi connectivity index (χ0n) is 7.21. The van der Waals surface area contributed by atoms with E-state index in [1.807, 2.05) is 0 Å². The second-order valence-electron chi connectivity index (χ2n) is 2.44. The van der Waals surface area contributed by atoms with Crippen LogP contribution >= 0.6 is 15.9 Å². The molecule has 0 unspecified atom stereocenters. The van der Waals surface area contributed by atoms with Crippen molar-refractivity contribution in [3.63, 3.8) is 0 Å². The van der Waals surface area contributed by atoms with Gasteiger partial charge >= 0.3 is 5.97 Å². The molecule has 0 saturated carbocycles. The van der Waals surface area contributed by atoms with Gasteiger partial charge in [-0.2, -0.15) is 0 Å². The predicted molar refractivity (Wildman–Crippen MR) is 50.8 cm³/mol. The van der Waals surface area contributed by atoms with Crippen molar-refractivity contribution >= 4 is 28.2 Å². The molecule has 1 aromatic rings. The average molecular weight is 261 g/mol. The van der Waals surface area contributed by atoms with E-state index in [2.05, 4.69) is 20.7 Å². The first-order valence-electron chi connectivity index (χ1n) is 3.63. The van der Waals surface area contributed by atoms with Gasteiger partial charge in [-0.15, -0.1) is 0 Å². The van der Waals surface area contributed by atoms with Crippen molar-refractivity contribution in [1.82, 2.24) is 0 Å². The SMILES string of the molecule is COC(=O)c1c(Br)ccc(C=O)c1F. The average Bonchev–Trinajstić information content (AvgIpc) is 2.18. The van der Waals surface area contributed by atoms with Crippen molar-refractivity contribution < 1.29 is 18.7 Å². The van der Waals surface area contributed by atoms with Gasteiger partial charge in [-0.25, -0.2) is 9.18 Å². The largest absolute Gasteiger partial charge is 0.465 e. The summed E-state index contributed by atoms with van der Waals surface area (Å²) in [7, 11) is 1.14. The fraction of sp³-hybridized carbons (Fsp3) is 0.111. The molecule has 0 heterocycles. The van der Waals surface area contributed by atoms with Crippen molar-refractivity contribution in [2.24, 2.45) is 0 Å². The maximum absolute atomic E-state index is 13.4. The first kappa shape index (κ1) is 10.8. The standard InChI is InChI=1S/C9H6BrFO3/c1-14-9(13)7-6(10)3-2-5(4-12)8(7)11/h2-4H,1H3. The lowest BCUT2D eigenvalue weighted by Crippen LogP contribution is -2.07. The number of rotatable bonds is 2. The Labute approximate surface area is 88.0 Å². The van der Waals surface area contributed by atoms with Gasteiger partial charge in [-0.3, -0.25) is 4.79 Å². The van der Waals surface area contributed by atoms with Crippen molar-refractivity contribution in [3.8, 4) is 0 Å². The van der Waals surface area contributed by atoms with E-state index in [0.717, 1.165) is 7.11 Å². The van der Waals surface area contributed by atoms with Crippen LogP contribution in [-0.2, 0) is 4.74 Å². The number of esters is 1. The molecular weight excluding hydrogens is 255 g/mol. The Morgan fingerprint density at radius 2 is 2.21 bits per heavy atom. The minimum Gasteiger partial charge on any atom is -0.465 e. The smallest absolute Gasteiger partial charge is 0.342 e. The van der Waals surface area contributed by atoms with Gasteiger partial charge in [0.2, 0.25) is 0 Å². The monoisotopic (exact) mass is 260 g/mol. The summed E-state index contributed by atoms with van der Waals surface area (Å²) in [6.45, 7) is 0. The van der Waals surface area contributed by atoms with Crippen molar-refractivity contribution in [1.29, 1.82) is 0 Å². The quantitative estimate of drug-likeness (QED) is 0.605. The zero-order valence-corrected chi connectivity index (χ0v) is 8.80. The van der Waals surface area contributed by atoms with Crippen LogP contribution in [0.15, 0.2) is 16.6 Å². The Hall–Kier alpha value is -1.23. The van der Waals surface area contributed by atoms with E-state index in [1.165, 1.54) is 12.1 Å². The molecule has 0 radical (unpaired) electrons. The molecule has 0 saturated heterocycles. The van der Waals surface area contributed by atoms with Gasteiger partial charge in [0.1, 0.15) is 11.4 Å². The Morgan fingerprint density at radius 3 is 2.71 bits per heavy atom. The van der Waals surface area contributed by atoms with E-state index in [4.69, 9.17) is 0 Å². The highest BCUT2D eigenvalue weighted by Crippen LogP contribution is 2.22. The van der Waals surface area contributed by atoms with Gasteiger partial charge in [-0.1, -0.05) is 0 Å². The Kier molecular flexibility index (Phi) is 3.35. The van der Waals surface area contributed by atoms with E-state index < -0.39 is 11.8 Å². The highest BCUT2D eigenvalue weighted by molar-refractivity contribution is 9.10. The molecule has 0 amide bonds. The van der Waals surface area contributed by atoms with Gasteiger partial charge in [-0.05, 0) is 28.1 Å². The minimum absolute atomic E-state index is 0.173. The van der Waals surface area contributed by atoms with Crippen molar-refractivity contribution in [2.45, 2.75) is 0 Å². The van der Waals surface area contributed by atoms with E-state index in [9.17, 15) is 14.0 Å². The third-order valence-corrected chi connectivity index (χ3v) is 2.30. The molecule has 74 valence electrons. The summed E-state index contributed by atoms with van der Waals surface area (Å²) in [6, 6.07) is 2.69. The molecule has 0 aliphatic carbocycles. The number of hydrogen-bond donors (Lipinski definition) is 0. The Bertz CT molecular complexity index is 390. The molecule has 14 heavy (non-hydrogen) atoms. The molecule has 0 atom stereocenters. The first-order valence-corrected chi connectivity index (χ1v) is 4.42. The molecule has 0 aromatic heterocycles. The number of aldehydes is 1. The summed E-state index contributed by atoms with van der Waals surface area (Å²) in [5.41, 5.74) is -0.439. The van der Waals surface area contributed by atoms with E-state index in [1.54, 1.807) is 0 Å². The molecule has 0 aliphatic heterocycles. The zero-order chi connectivity index (χ0) is 10.7. The summed E-state index contributed by atoms with van der Waals surface area (Å²) in [4.78, 5) is 21.5. The lowest BCUT2D eigenvalue weighted by Gasteiger charge is -2.04. The predicted octanol–water partition coefficient (Wildman–Crippen LogP) is 2.19. The van der Waals surface area contributed by atoms with Gasteiger partial charge in [0.25, 0.3) is 0 Å². The number of carbonyl (C=O) groups is 2. The minimum atomic E-state index is -0.874. The summed E-state index contributed by atoms with van der Waals surface area (Å²) < 4.78 is 18.0. The fourth-order valence-corrected chi connectivity index (χ4v) is 1.42. The molecule has 0 spiro atoms. The summed E-state index contributed by atoms with van der Waals surface area (Å²) in [6.07, 6.45) is 0.341. The van der Waals surface area contributed by atoms with E-state index >= 15 is 0 Å². The molecule has 1 aromatic carbocycles. The van der Waals surface area contributed by atoms with Crippen LogP contribution in [0.3, 0.4) is 0 Å². The first-order chi connectivity index (χ1) is 6.61. The summed E-state index contributed by atoms with van der Waals surface area (Å²) >= 11 is 3.00. The number of carbonyl (C=O) groups excluding carboxylic acids is 2. The lowest BCUT2D eigenvalue weighted by atomic mass is 10.1. The third kappa shape index (κ3) is 1.82. The van der Waals surface area contributed by atoms with Crippen LogP contribution in [0, 0.1) is 5.82 Å². The molecule has 0 aliphatic rings. The topological polar surface area (TPSA) is 43.4 Å². The fourth-order valence-electron chi connectivity index (χ4n) is 0.949. The molecule has 0 fully saturated rings. The van der Waals surface area contributed by atoms with Crippen LogP contribution < -0.4 is 0 Å². The lowest BCUT2D eigenvalue weighted by molar-refractivity contribution is 0.0594. The van der Waals surface area contributed by atoms with Crippen LogP contribution in [-0.4, -0.2) is 19.4 Å². The van der Waals surface area contributed by atoms with Gasteiger partial charge in [0.15, 0.2) is 6.29 Å². The van der Waals surface area contributed by atoms with E-state index in [0.29, 0.717) is 6.29 Å². The molecule has 5 heteroatoms. The number of benzene rings is 1. The van der Waals surface area contributed by atoms with Gasteiger partial charge in [0.05, 0.1) is 12.7 Å². The normalized spacial score (nSPS) is 9.64. The maximum Gasteiger partial charge on any atom is 0.342 e. The molecule has 1 rings (SSSR count). The number of hydrogen-bond acceptors (Lipinski definition) is 3. The maximum atomic E-state index is 13.4. The number of ether oxygens (including phenoxy) is 1. The number of methoxy groups -OCH3 is 1. The Balaban J connectivity index is 3.39. The van der Waals surface area contributed by atoms with Crippen LogP contribution in [0.4, 0.5) is 4.39 Å². The van der Waals surface area contributed by atoms with Crippen molar-refractivity contribution in [2.75, 3.05) is 7.11 Å². The molecule has 0 N–H and O–H groups in total. The second-order valence-corrected chi connectivity index (χ2v) is 3.29. The van der Waals surface area contributed by atoms with Crippen LogP contribution in [0.5, 0.6) is 0 Å². The summed E-state index contributed by atoms with van der Waals surface area (Å²) in [5.74, 6) is -1.70. The van der Waals surface area contributed by atoms with Crippen LogP contribution in [0.1, 0.15) is 20.7 Å². The highest BCUT2D eigenvalue weighted by Gasteiger charge is 2.18. The van der Waals surface area contributed by atoms with E-state index in [-0.39, 0.29) is 15.6 Å². The highest BCUT2D eigenvalue weighted by atomic mass is 79.9. The van der Waals surface area contributed by atoms with Crippen molar-refractivity contribution in [3.05, 3.63) is 33.5 Å².